The van der Waals surface area contributed by atoms with Crippen molar-refractivity contribution in [1.29, 1.82) is 0 Å². The van der Waals surface area contributed by atoms with E-state index in [1.807, 2.05) is 0 Å². The van der Waals surface area contributed by atoms with E-state index in [4.69, 9.17) is 16.2 Å². The lowest BCUT2D eigenvalue weighted by atomic mass is 10.1. The number of nitrogen functional groups attached to an aromatic ring is 2. The van der Waals surface area contributed by atoms with Crippen LogP contribution in [0.2, 0.25) is 0 Å². The Balaban J connectivity index is 1.57. The molecule has 0 aliphatic rings. The predicted octanol–water partition coefficient (Wildman–Crippen LogP) is 3.99. The first kappa shape index (κ1) is 24.6. The van der Waals surface area contributed by atoms with Crippen LogP contribution in [-0.4, -0.2) is 37.8 Å². The van der Waals surface area contributed by atoms with E-state index in [9.17, 15) is 13.6 Å². The van der Waals surface area contributed by atoms with Gasteiger partial charge < -0.3 is 16.2 Å². The smallest absolute Gasteiger partial charge is 0.414 e. The van der Waals surface area contributed by atoms with Crippen LogP contribution in [0, 0.1) is 11.6 Å². The number of anilines is 3. The molecule has 0 unspecified atom stereocenters. The summed E-state index contributed by atoms with van der Waals surface area (Å²) >= 11 is 0. The van der Waals surface area contributed by atoms with Crippen molar-refractivity contribution in [1.82, 2.24) is 24.6 Å². The molecule has 1 amide bonds. The van der Waals surface area contributed by atoms with E-state index >= 15 is 0 Å². The number of imidazole rings is 1. The van der Waals surface area contributed by atoms with Gasteiger partial charge in [-0.05, 0) is 41.5 Å². The number of hydrogen-bond acceptors (Lipinski definition) is 8. The average Bonchev–Trinajstić information content (AvgIpc) is 3.27. The zero-order valence-corrected chi connectivity index (χ0v) is 20.2. The first-order valence-corrected chi connectivity index (χ1v) is 11.4. The molecule has 5 aromatic rings. The van der Waals surface area contributed by atoms with Crippen molar-refractivity contribution in [3.8, 4) is 11.5 Å². The van der Waals surface area contributed by atoms with Gasteiger partial charge in [0.2, 0.25) is 0 Å². The monoisotopic (exact) mass is 516 g/mol. The molecule has 4 N–H and O–H groups in total. The van der Waals surface area contributed by atoms with Crippen LogP contribution in [0.3, 0.4) is 0 Å². The number of carbonyl (C=O) groups excluding carboxylic acids is 1. The number of halogens is 2. The molecule has 10 nitrogen and oxygen atoms in total. The van der Waals surface area contributed by atoms with Gasteiger partial charge in [0.25, 0.3) is 0 Å². The molecule has 0 atom stereocenters. The van der Waals surface area contributed by atoms with Crippen LogP contribution in [0.25, 0.3) is 17.0 Å². The molecule has 0 spiro atoms. The zero-order chi connectivity index (χ0) is 26.8. The van der Waals surface area contributed by atoms with Crippen molar-refractivity contribution >= 4 is 28.9 Å². The van der Waals surface area contributed by atoms with Crippen LogP contribution >= 0.6 is 0 Å². The molecule has 0 bridgehead atoms. The second-order valence-corrected chi connectivity index (χ2v) is 8.32. The Hall–Kier alpha value is -5.13. The first-order valence-electron chi connectivity index (χ1n) is 11.4. The Morgan fingerprint density at radius 3 is 2.47 bits per heavy atom. The highest BCUT2D eigenvalue weighted by molar-refractivity contribution is 5.95. The molecule has 3 aromatic heterocycles. The van der Waals surface area contributed by atoms with E-state index in [-0.39, 0.29) is 41.9 Å². The molecule has 38 heavy (non-hydrogen) atoms. The molecular formula is C26H22F2N8O2. The Morgan fingerprint density at radius 2 is 1.76 bits per heavy atom. The number of methoxy groups -OCH3 is 1. The summed E-state index contributed by atoms with van der Waals surface area (Å²) in [6, 6.07) is 15.6. The van der Waals surface area contributed by atoms with Gasteiger partial charge in [-0.25, -0.2) is 33.0 Å². The lowest BCUT2D eigenvalue weighted by Crippen LogP contribution is -2.32. The summed E-state index contributed by atoms with van der Waals surface area (Å²) in [7, 11) is 1.20. The van der Waals surface area contributed by atoms with Crippen molar-refractivity contribution in [3.63, 3.8) is 0 Å². The number of carbonyl (C=O) groups is 1. The van der Waals surface area contributed by atoms with E-state index < -0.39 is 11.9 Å². The Kier molecular flexibility index (Phi) is 6.52. The summed E-state index contributed by atoms with van der Waals surface area (Å²) in [6.07, 6.45) is 0.960. The zero-order valence-electron chi connectivity index (χ0n) is 20.2. The number of nitrogens with zero attached hydrogens (tertiary/aromatic N) is 6. The molecule has 2 aromatic carbocycles. The van der Waals surface area contributed by atoms with Crippen LogP contribution in [0.1, 0.15) is 17.0 Å². The fraction of sp³-hybridized carbons (Fsp3) is 0.115. The van der Waals surface area contributed by atoms with Crippen LogP contribution < -0.4 is 16.4 Å². The molecule has 0 saturated carbocycles. The minimum absolute atomic E-state index is 0.0121. The fourth-order valence-corrected chi connectivity index (χ4v) is 4.12. The summed E-state index contributed by atoms with van der Waals surface area (Å²) in [5.74, 6) is -0.522. The van der Waals surface area contributed by atoms with Gasteiger partial charge in [0.05, 0.1) is 19.2 Å². The number of fused-ring (bicyclic) bond motifs is 1. The van der Waals surface area contributed by atoms with Gasteiger partial charge in [0.1, 0.15) is 28.8 Å². The maximum absolute atomic E-state index is 14.3. The first-order chi connectivity index (χ1) is 18.4. The molecule has 0 aliphatic carbocycles. The second kappa shape index (κ2) is 10.1. The largest absolute Gasteiger partial charge is 0.452 e. The summed E-state index contributed by atoms with van der Waals surface area (Å²) < 4.78 is 34.5. The molecule has 0 radical (unpaired) electrons. The summed E-state index contributed by atoms with van der Waals surface area (Å²) in [4.78, 5) is 27.1. The van der Waals surface area contributed by atoms with Crippen LogP contribution in [0.5, 0.6) is 0 Å². The Morgan fingerprint density at radius 1 is 1.00 bits per heavy atom. The van der Waals surface area contributed by atoms with Gasteiger partial charge >= 0.3 is 6.09 Å². The average molecular weight is 517 g/mol. The van der Waals surface area contributed by atoms with Crippen molar-refractivity contribution in [2.45, 2.75) is 13.0 Å². The number of rotatable bonds is 6. The highest BCUT2D eigenvalue weighted by Crippen LogP contribution is 2.33. The maximum atomic E-state index is 14.3. The SMILES string of the molecule is COC(=O)N(Cc1cccc(F)c1)c1c(N)nc(-c2nc(Cc3ccccc3F)n3ncccc23)nc1N. The van der Waals surface area contributed by atoms with Gasteiger partial charge in [-0.15, -0.1) is 0 Å². The Bertz CT molecular complexity index is 1630. The highest BCUT2D eigenvalue weighted by Gasteiger charge is 2.26. The Labute approximate surface area is 215 Å². The van der Waals surface area contributed by atoms with Gasteiger partial charge in [0.15, 0.2) is 17.5 Å². The summed E-state index contributed by atoms with van der Waals surface area (Å²) in [5, 5.41) is 4.35. The lowest BCUT2D eigenvalue weighted by Gasteiger charge is -2.23. The number of hydrogen-bond donors (Lipinski definition) is 2. The van der Waals surface area contributed by atoms with Gasteiger partial charge in [-0.2, -0.15) is 5.10 Å². The molecule has 0 fully saturated rings. The predicted molar refractivity (Wildman–Crippen MR) is 137 cm³/mol. The van der Waals surface area contributed by atoms with Crippen molar-refractivity contribution in [3.05, 3.63) is 95.4 Å². The highest BCUT2D eigenvalue weighted by atomic mass is 19.1. The van der Waals surface area contributed by atoms with Gasteiger partial charge in [0, 0.05) is 12.6 Å². The minimum atomic E-state index is -0.784. The number of ether oxygens (including phenoxy) is 1. The molecule has 3 heterocycles. The standard InChI is InChI=1S/C26H22F2N8O2/c1-38-26(37)35(14-15-6-4-8-17(27)12-15)22-23(29)33-25(34-24(22)30)21-19-10-5-11-31-36(19)20(32-21)13-16-7-2-3-9-18(16)28/h2-12H,13-14H2,1H3,(H4,29,30,33,34). The summed E-state index contributed by atoms with van der Waals surface area (Å²) in [5.41, 5.74) is 14.4. The molecule has 12 heteroatoms. The van der Waals surface area contributed by atoms with E-state index in [1.54, 1.807) is 47.1 Å². The van der Waals surface area contributed by atoms with Crippen LogP contribution in [0.4, 0.5) is 30.9 Å². The molecule has 0 saturated heterocycles. The third-order valence-electron chi connectivity index (χ3n) is 5.83. The van der Waals surface area contributed by atoms with Crippen molar-refractivity contribution in [2.24, 2.45) is 0 Å². The number of benzene rings is 2. The van der Waals surface area contributed by atoms with Crippen molar-refractivity contribution < 1.29 is 18.3 Å². The molecular weight excluding hydrogens is 494 g/mol. The van der Waals surface area contributed by atoms with E-state index in [0.29, 0.717) is 28.2 Å². The number of nitrogens with two attached hydrogens (primary N) is 2. The molecule has 5 rings (SSSR count). The second-order valence-electron chi connectivity index (χ2n) is 8.32. The van der Waals surface area contributed by atoms with E-state index in [2.05, 4.69) is 20.1 Å². The van der Waals surface area contributed by atoms with Gasteiger partial charge in [-0.3, -0.25) is 4.90 Å². The summed E-state index contributed by atoms with van der Waals surface area (Å²) in [6.45, 7) is -0.0916. The molecule has 192 valence electrons. The topological polar surface area (TPSA) is 138 Å². The fourth-order valence-electron chi connectivity index (χ4n) is 4.12. The normalized spacial score (nSPS) is 11.0. The maximum Gasteiger partial charge on any atom is 0.414 e. The quantitative estimate of drug-likeness (QED) is 0.346. The number of amides is 1. The third kappa shape index (κ3) is 4.66. The third-order valence-corrected chi connectivity index (χ3v) is 5.83. The molecule has 0 aliphatic heterocycles. The minimum Gasteiger partial charge on any atom is -0.452 e. The number of aromatic nitrogens is 5. The van der Waals surface area contributed by atoms with Crippen LogP contribution in [0.15, 0.2) is 66.9 Å². The van der Waals surface area contributed by atoms with E-state index in [0.717, 1.165) is 4.90 Å². The van der Waals surface area contributed by atoms with E-state index in [1.165, 1.54) is 31.4 Å². The van der Waals surface area contributed by atoms with Gasteiger partial charge in [-0.1, -0.05) is 30.3 Å². The van der Waals surface area contributed by atoms with Crippen molar-refractivity contribution in [2.75, 3.05) is 23.5 Å². The lowest BCUT2D eigenvalue weighted by molar-refractivity contribution is 0.178. The van der Waals surface area contributed by atoms with Crippen LogP contribution in [-0.2, 0) is 17.7 Å².